The van der Waals surface area contributed by atoms with Gasteiger partial charge >= 0.3 is 0 Å². The number of aliphatic hydroxyl groups excluding tert-OH is 1. The Hall–Kier alpha value is -1.27. The smallest absolute Gasteiger partial charge is 0.139 e. The molecule has 5 nitrogen and oxygen atoms in total. The summed E-state index contributed by atoms with van der Waals surface area (Å²) in [6.07, 6.45) is 6.45. The zero-order chi connectivity index (χ0) is 12.3. The van der Waals surface area contributed by atoms with E-state index in [2.05, 4.69) is 15.3 Å². The van der Waals surface area contributed by atoms with Crippen LogP contribution in [0, 0.1) is 0 Å². The van der Waals surface area contributed by atoms with E-state index in [9.17, 15) is 5.11 Å². The number of thiocarbonyl (C=S) groups is 1. The van der Waals surface area contributed by atoms with Crippen LogP contribution in [0.3, 0.4) is 0 Å². The molecule has 6 heteroatoms. The zero-order valence-corrected chi connectivity index (χ0v) is 10.3. The van der Waals surface area contributed by atoms with Crippen LogP contribution in [-0.4, -0.2) is 32.2 Å². The highest BCUT2D eigenvalue weighted by Crippen LogP contribution is 2.22. The summed E-state index contributed by atoms with van der Waals surface area (Å²) in [5.41, 5.74) is 6.29. The van der Waals surface area contributed by atoms with Crippen molar-refractivity contribution in [1.29, 1.82) is 0 Å². The number of aliphatic hydroxyl groups is 1. The van der Waals surface area contributed by atoms with E-state index in [1.165, 1.54) is 6.33 Å². The van der Waals surface area contributed by atoms with Crippen molar-refractivity contribution < 1.29 is 5.11 Å². The Kier molecular flexibility index (Phi) is 3.86. The van der Waals surface area contributed by atoms with Crippen LogP contribution in [0.4, 0.5) is 5.82 Å². The maximum atomic E-state index is 9.44. The molecule has 0 aliphatic heterocycles. The van der Waals surface area contributed by atoms with Crippen molar-refractivity contribution in [1.82, 2.24) is 9.97 Å². The Morgan fingerprint density at radius 2 is 2.12 bits per heavy atom. The summed E-state index contributed by atoms with van der Waals surface area (Å²) >= 11 is 4.95. The lowest BCUT2D eigenvalue weighted by atomic mass is 9.93. The minimum absolute atomic E-state index is 0.159. The van der Waals surface area contributed by atoms with Crippen molar-refractivity contribution in [3.63, 3.8) is 0 Å². The third kappa shape index (κ3) is 3.10. The van der Waals surface area contributed by atoms with E-state index in [0.29, 0.717) is 22.4 Å². The van der Waals surface area contributed by atoms with Crippen molar-refractivity contribution in [3.8, 4) is 0 Å². The molecule has 0 spiro atoms. The Balaban J connectivity index is 2.05. The number of nitrogens with two attached hydrogens (primary N) is 1. The largest absolute Gasteiger partial charge is 0.393 e. The van der Waals surface area contributed by atoms with E-state index >= 15 is 0 Å². The SMILES string of the molecule is NC(=S)c1cncnc1NC1CCC(O)CC1. The first-order valence-electron chi connectivity index (χ1n) is 5.71. The number of nitrogens with zero attached hydrogens (tertiary/aromatic N) is 2. The lowest BCUT2D eigenvalue weighted by molar-refractivity contribution is 0.126. The minimum Gasteiger partial charge on any atom is -0.393 e. The van der Waals surface area contributed by atoms with Crippen molar-refractivity contribution in [3.05, 3.63) is 18.1 Å². The summed E-state index contributed by atoms with van der Waals surface area (Å²) in [6, 6.07) is 0.321. The predicted octanol–water partition coefficient (Wildman–Crippen LogP) is 0.826. The Morgan fingerprint density at radius 1 is 1.41 bits per heavy atom. The highest BCUT2D eigenvalue weighted by Gasteiger charge is 2.20. The van der Waals surface area contributed by atoms with Gasteiger partial charge in [0.15, 0.2) is 0 Å². The van der Waals surface area contributed by atoms with Crippen molar-refractivity contribution in [2.45, 2.75) is 37.8 Å². The molecule has 1 saturated carbocycles. The van der Waals surface area contributed by atoms with Crippen LogP contribution in [0.2, 0.25) is 0 Å². The molecule has 4 N–H and O–H groups in total. The second-order valence-corrected chi connectivity index (χ2v) is 4.74. The average molecular weight is 252 g/mol. The third-order valence-electron chi connectivity index (χ3n) is 3.02. The highest BCUT2D eigenvalue weighted by atomic mass is 32.1. The Bertz CT molecular complexity index is 404. The molecular weight excluding hydrogens is 236 g/mol. The number of hydrogen-bond donors (Lipinski definition) is 3. The molecule has 1 fully saturated rings. The molecule has 92 valence electrons. The van der Waals surface area contributed by atoms with E-state index in [0.717, 1.165) is 25.7 Å². The van der Waals surface area contributed by atoms with Gasteiger partial charge in [-0.25, -0.2) is 9.97 Å². The molecule has 1 aliphatic carbocycles. The van der Waals surface area contributed by atoms with Gasteiger partial charge in [0.2, 0.25) is 0 Å². The fraction of sp³-hybridized carbons (Fsp3) is 0.545. The van der Waals surface area contributed by atoms with Gasteiger partial charge in [-0.1, -0.05) is 12.2 Å². The van der Waals surface area contributed by atoms with Crippen molar-refractivity contribution >= 4 is 23.0 Å². The van der Waals surface area contributed by atoms with Gasteiger partial charge in [0.1, 0.15) is 17.1 Å². The second kappa shape index (κ2) is 5.37. The van der Waals surface area contributed by atoms with E-state index < -0.39 is 0 Å². The maximum Gasteiger partial charge on any atom is 0.139 e. The second-order valence-electron chi connectivity index (χ2n) is 4.30. The molecule has 1 aliphatic rings. The molecule has 0 atom stereocenters. The summed E-state index contributed by atoms with van der Waals surface area (Å²) < 4.78 is 0. The molecule has 0 unspecified atom stereocenters. The number of anilines is 1. The quantitative estimate of drug-likeness (QED) is 0.691. The number of hydrogen-bond acceptors (Lipinski definition) is 5. The number of rotatable bonds is 3. The van der Waals surface area contributed by atoms with Crippen LogP contribution in [0.15, 0.2) is 12.5 Å². The Morgan fingerprint density at radius 3 is 2.76 bits per heavy atom. The molecule has 1 aromatic heterocycles. The van der Waals surface area contributed by atoms with Crippen molar-refractivity contribution in [2.75, 3.05) is 5.32 Å². The molecule has 17 heavy (non-hydrogen) atoms. The van der Waals surface area contributed by atoms with Gasteiger partial charge in [0, 0.05) is 12.2 Å². The number of nitrogens with one attached hydrogen (secondary N) is 1. The minimum atomic E-state index is -0.159. The monoisotopic (exact) mass is 252 g/mol. The summed E-state index contributed by atoms with van der Waals surface area (Å²) in [4.78, 5) is 8.37. The van der Waals surface area contributed by atoms with Crippen molar-refractivity contribution in [2.24, 2.45) is 5.73 Å². The van der Waals surface area contributed by atoms with Gasteiger partial charge in [-0.2, -0.15) is 0 Å². The van der Waals surface area contributed by atoms with Gasteiger partial charge in [0.25, 0.3) is 0 Å². The molecule has 0 bridgehead atoms. The molecule has 0 amide bonds. The summed E-state index contributed by atoms with van der Waals surface area (Å²) in [7, 11) is 0. The van der Waals surface area contributed by atoms with Crippen LogP contribution in [0.5, 0.6) is 0 Å². The van der Waals surface area contributed by atoms with E-state index in [1.807, 2.05) is 0 Å². The van der Waals surface area contributed by atoms with Crippen LogP contribution in [-0.2, 0) is 0 Å². The van der Waals surface area contributed by atoms with Crippen LogP contribution in [0.1, 0.15) is 31.2 Å². The van der Waals surface area contributed by atoms with Gasteiger partial charge in [0.05, 0.1) is 11.7 Å². The van der Waals surface area contributed by atoms with Crippen LogP contribution in [0.25, 0.3) is 0 Å². The fourth-order valence-electron chi connectivity index (χ4n) is 2.04. The zero-order valence-electron chi connectivity index (χ0n) is 9.47. The molecule has 2 rings (SSSR count). The van der Waals surface area contributed by atoms with E-state index in [4.69, 9.17) is 18.0 Å². The van der Waals surface area contributed by atoms with Gasteiger partial charge in [-0.15, -0.1) is 0 Å². The fourth-order valence-corrected chi connectivity index (χ4v) is 2.19. The molecule has 0 aromatic carbocycles. The maximum absolute atomic E-state index is 9.44. The normalized spacial score (nSPS) is 24.3. The van der Waals surface area contributed by atoms with E-state index in [1.54, 1.807) is 6.20 Å². The summed E-state index contributed by atoms with van der Waals surface area (Å²) in [5.74, 6) is 0.689. The lowest BCUT2D eigenvalue weighted by Crippen LogP contribution is -2.29. The molecule has 1 heterocycles. The first-order valence-corrected chi connectivity index (χ1v) is 6.12. The van der Waals surface area contributed by atoms with Gasteiger partial charge in [-0.3, -0.25) is 0 Å². The molecule has 0 radical (unpaired) electrons. The van der Waals surface area contributed by atoms with E-state index in [-0.39, 0.29) is 6.10 Å². The van der Waals surface area contributed by atoms with Gasteiger partial charge in [-0.05, 0) is 25.7 Å². The van der Waals surface area contributed by atoms with Crippen LogP contribution < -0.4 is 11.1 Å². The third-order valence-corrected chi connectivity index (χ3v) is 3.24. The first-order chi connectivity index (χ1) is 8.16. The number of aromatic nitrogens is 2. The van der Waals surface area contributed by atoms with Crippen LogP contribution >= 0.6 is 12.2 Å². The lowest BCUT2D eigenvalue weighted by Gasteiger charge is -2.27. The molecule has 1 aromatic rings. The molecule has 0 saturated heterocycles. The Labute approximate surface area is 105 Å². The first kappa shape index (κ1) is 12.2. The van der Waals surface area contributed by atoms with Gasteiger partial charge < -0.3 is 16.2 Å². The predicted molar refractivity (Wildman–Crippen MR) is 69.8 cm³/mol. The summed E-state index contributed by atoms with van der Waals surface area (Å²) in [6.45, 7) is 0. The summed E-state index contributed by atoms with van der Waals surface area (Å²) in [5, 5.41) is 12.8. The topological polar surface area (TPSA) is 84.1 Å². The molecular formula is C11H16N4OS. The highest BCUT2D eigenvalue weighted by molar-refractivity contribution is 7.80. The average Bonchev–Trinajstić information content (AvgIpc) is 2.32. The standard InChI is InChI=1S/C11H16N4OS/c12-10(17)9-5-13-6-14-11(9)15-7-1-3-8(16)4-2-7/h5-8,16H,1-4H2,(H2,12,17)(H,13,14,15).